The number of rotatable bonds is 2. The molecule has 0 radical (unpaired) electrons. The summed E-state index contributed by atoms with van der Waals surface area (Å²) >= 11 is 0. The number of carboxylic acids is 1. The second-order valence-electron chi connectivity index (χ2n) is 7.42. The van der Waals surface area contributed by atoms with Crippen molar-refractivity contribution in [1.82, 2.24) is 4.90 Å². The summed E-state index contributed by atoms with van der Waals surface area (Å²) in [5, 5.41) is 13.2. The molecule has 132 valence electrons. The molecule has 0 saturated carbocycles. The Kier molecular flexibility index (Phi) is 3.25. The minimum Gasteiger partial charge on any atom is -0.481 e. The van der Waals surface area contributed by atoms with E-state index in [1.807, 2.05) is 54.6 Å². The smallest absolute Gasteiger partial charge is 0.309 e. The van der Waals surface area contributed by atoms with Crippen LogP contribution in [-0.4, -0.2) is 34.5 Å². The van der Waals surface area contributed by atoms with E-state index in [9.17, 15) is 14.7 Å². The van der Waals surface area contributed by atoms with Crippen LogP contribution in [0, 0.1) is 5.92 Å². The molecule has 0 aromatic heterocycles. The number of hydrogen-bond donors (Lipinski definition) is 2. The predicted molar refractivity (Wildman–Crippen MR) is 96.8 cm³/mol. The van der Waals surface area contributed by atoms with Gasteiger partial charge in [-0.2, -0.15) is 0 Å². The Morgan fingerprint density at radius 3 is 2.62 bits per heavy atom. The van der Waals surface area contributed by atoms with Crippen LogP contribution in [0.2, 0.25) is 0 Å². The summed E-state index contributed by atoms with van der Waals surface area (Å²) in [5.41, 5.74) is 1.43. The molecule has 0 aliphatic carbocycles. The molecule has 5 nitrogen and oxygen atoms in total. The van der Waals surface area contributed by atoms with E-state index in [-0.39, 0.29) is 17.9 Å². The molecule has 3 aliphatic heterocycles. The van der Waals surface area contributed by atoms with Gasteiger partial charge in [-0.1, -0.05) is 48.5 Å². The van der Waals surface area contributed by atoms with Crippen LogP contribution in [-0.2, 0) is 15.1 Å². The second kappa shape index (κ2) is 5.42. The number of carbonyl (C=O) groups is 2. The Labute approximate surface area is 151 Å². The third kappa shape index (κ3) is 1.78. The van der Waals surface area contributed by atoms with Crippen molar-refractivity contribution in [3.63, 3.8) is 0 Å². The zero-order valence-electron chi connectivity index (χ0n) is 14.3. The van der Waals surface area contributed by atoms with Gasteiger partial charge in [-0.3, -0.25) is 14.5 Å². The molecule has 2 aromatic rings. The Bertz CT molecular complexity index is 897. The van der Waals surface area contributed by atoms with Crippen LogP contribution in [0.5, 0.6) is 0 Å². The third-order valence-electron chi connectivity index (χ3n) is 6.36. The van der Waals surface area contributed by atoms with E-state index < -0.39 is 17.4 Å². The Balaban J connectivity index is 1.78. The molecule has 4 atom stereocenters. The van der Waals surface area contributed by atoms with Crippen molar-refractivity contribution < 1.29 is 14.7 Å². The molecule has 5 heteroatoms. The van der Waals surface area contributed by atoms with E-state index >= 15 is 0 Å². The number of aliphatic carboxylic acids is 1. The van der Waals surface area contributed by atoms with Gasteiger partial charge in [0.1, 0.15) is 5.54 Å². The van der Waals surface area contributed by atoms with E-state index in [0.717, 1.165) is 36.2 Å². The standard InChI is InChI=1S/C21H20N2O3/c24-19(25)18-17(13-7-2-1-3-8-13)16-11-6-12-23(16)21(18)14-9-4-5-10-15(14)22-20(21)26/h1-5,7-10,16-18H,6,11-12H2,(H,22,26)(H,24,25)/t16-,17+,18-,21+/m0/s1. The van der Waals surface area contributed by atoms with Crippen LogP contribution in [0.15, 0.2) is 54.6 Å². The minimum absolute atomic E-state index is 0.0652. The molecule has 1 spiro atoms. The number of fused-ring (bicyclic) bond motifs is 4. The molecular weight excluding hydrogens is 328 g/mol. The number of anilines is 1. The molecule has 3 heterocycles. The molecule has 26 heavy (non-hydrogen) atoms. The number of para-hydroxylation sites is 1. The van der Waals surface area contributed by atoms with Crippen molar-refractivity contribution in [3.05, 3.63) is 65.7 Å². The number of hydrogen-bond acceptors (Lipinski definition) is 3. The van der Waals surface area contributed by atoms with Gasteiger partial charge in [0.05, 0.1) is 5.92 Å². The highest BCUT2D eigenvalue weighted by Gasteiger charge is 2.69. The number of amides is 1. The maximum Gasteiger partial charge on any atom is 0.309 e. The van der Waals surface area contributed by atoms with Gasteiger partial charge in [-0.05, 0) is 31.0 Å². The first kappa shape index (κ1) is 15.6. The van der Waals surface area contributed by atoms with Gasteiger partial charge in [0.15, 0.2) is 0 Å². The predicted octanol–water partition coefficient (Wildman–Crippen LogP) is 2.80. The van der Waals surface area contributed by atoms with Crippen molar-refractivity contribution in [2.45, 2.75) is 30.3 Å². The number of benzene rings is 2. The quantitative estimate of drug-likeness (QED) is 0.876. The Morgan fingerprint density at radius 1 is 1.12 bits per heavy atom. The molecule has 0 bridgehead atoms. The van der Waals surface area contributed by atoms with Crippen LogP contribution in [0.4, 0.5) is 5.69 Å². The summed E-state index contributed by atoms with van der Waals surface area (Å²) in [4.78, 5) is 28.0. The lowest BCUT2D eigenvalue weighted by Crippen LogP contribution is -2.52. The maximum absolute atomic E-state index is 13.3. The molecule has 2 N–H and O–H groups in total. The monoisotopic (exact) mass is 348 g/mol. The van der Waals surface area contributed by atoms with Crippen LogP contribution < -0.4 is 5.32 Å². The molecule has 5 rings (SSSR count). The summed E-state index contributed by atoms with van der Waals surface area (Å²) < 4.78 is 0. The lowest BCUT2D eigenvalue weighted by molar-refractivity contribution is -0.150. The molecular formula is C21H20N2O3. The first-order chi connectivity index (χ1) is 12.7. The van der Waals surface area contributed by atoms with Crippen molar-refractivity contribution in [1.29, 1.82) is 0 Å². The second-order valence-corrected chi connectivity index (χ2v) is 7.42. The number of nitrogens with one attached hydrogen (secondary N) is 1. The topological polar surface area (TPSA) is 69.6 Å². The van der Waals surface area contributed by atoms with Crippen LogP contribution in [0.3, 0.4) is 0 Å². The fraction of sp³-hybridized carbons (Fsp3) is 0.333. The molecule has 2 saturated heterocycles. The summed E-state index contributed by atoms with van der Waals surface area (Å²) in [6.45, 7) is 0.750. The zero-order chi connectivity index (χ0) is 17.9. The third-order valence-corrected chi connectivity index (χ3v) is 6.36. The van der Waals surface area contributed by atoms with Gasteiger partial charge in [-0.25, -0.2) is 0 Å². The highest BCUT2D eigenvalue weighted by molar-refractivity contribution is 6.09. The number of carbonyl (C=O) groups excluding carboxylic acids is 1. The molecule has 2 aromatic carbocycles. The summed E-state index contributed by atoms with van der Waals surface area (Å²) in [7, 11) is 0. The Morgan fingerprint density at radius 2 is 1.85 bits per heavy atom. The largest absolute Gasteiger partial charge is 0.481 e. The fourth-order valence-corrected chi connectivity index (χ4v) is 5.54. The van der Waals surface area contributed by atoms with Gasteiger partial charge < -0.3 is 10.4 Å². The fourth-order valence-electron chi connectivity index (χ4n) is 5.54. The van der Waals surface area contributed by atoms with Gasteiger partial charge in [0.2, 0.25) is 0 Å². The lowest BCUT2D eigenvalue weighted by Gasteiger charge is -2.35. The van der Waals surface area contributed by atoms with E-state index in [4.69, 9.17) is 0 Å². The van der Waals surface area contributed by atoms with E-state index in [2.05, 4.69) is 10.2 Å². The molecule has 3 aliphatic rings. The minimum atomic E-state index is -1.12. The van der Waals surface area contributed by atoms with Crippen molar-refractivity contribution in [2.75, 3.05) is 11.9 Å². The number of nitrogens with zero attached hydrogens (tertiary/aromatic N) is 1. The zero-order valence-corrected chi connectivity index (χ0v) is 14.3. The molecule has 1 amide bonds. The van der Waals surface area contributed by atoms with Crippen molar-refractivity contribution >= 4 is 17.6 Å². The number of carboxylic acid groups (broad SMARTS) is 1. The highest BCUT2D eigenvalue weighted by Crippen LogP contribution is 2.60. The SMILES string of the molecule is O=C(O)[C@@H]1[C@H](c2ccccc2)[C@@H]2CCCN2[C@@]12C(=O)Nc1ccccc12. The van der Waals surface area contributed by atoms with Crippen molar-refractivity contribution in [2.24, 2.45) is 5.92 Å². The van der Waals surface area contributed by atoms with Gasteiger partial charge in [0.25, 0.3) is 5.91 Å². The van der Waals surface area contributed by atoms with Gasteiger partial charge >= 0.3 is 5.97 Å². The maximum atomic E-state index is 13.3. The van der Waals surface area contributed by atoms with Crippen LogP contribution in [0.25, 0.3) is 0 Å². The van der Waals surface area contributed by atoms with Crippen molar-refractivity contribution in [3.8, 4) is 0 Å². The van der Waals surface area contributed by atoms with Gasteiger partial charge in [0, 0.05) is 23.2 Å². The molecule has 0 unspecified atom stereocenters. The summed E-state index contributed by atoms with van der Waals surface area (Å²) in [6, 6.07) is 17.4. The van der Waals surface area contributed by atoms with E-state index in [0.29, 0.717) is 0 Å². The summed E-state index contributed by atoms with van der Waals surface area (Å²) in [5.74, 6) is -2.11. The molecule has 2 fully saturated rings. The Hall–Kier alpha value is -2.66. The first-order valence-electron chi connectivity index (χ1n) is 9.11. The van der Waals surface area contributed by atoms with E-state index in [1.54, 1.807) is 0 Å². The average molecular weight is 348 g/mol. The normalized spacial score (nSPS) is 32.5. The average Bonchev–Trinajstić information content (AvgIpc) is 3.29. The van der Waals surface area contributed by atoms with E-state index in [1.165, 1.54) is 0 Å². The lowest BCUT2D eigenvalue weighted by atomic mass is 9.72. The first-order valence-corrected chi connectivity index (χ1v) is 9.11. The van der Waals surface area contributed by atoms with Crippen LogP contribution in [0.1, 0.15) is 29.9 Å². The van der Waals surface area contributed by atoms with Crippen LogP contribution >= 0.6 is 0 Å². The van der Waals surface area contributed by atoms with Gasteiger partial charge in [-0.15, -0.1) is 0 Å². The highest BCUT2D eigenvalue weighted by atomic mass is 16.4. The summed E-state index contributed by atoms with van der Waals surface area (Å²) in [6.07, 6.45) is 1.90.